The third-order valence-electron chi connectivity index (χ3n) is 2.72. The Kier molecular flexibility index (Phi) is 6.92. The van der Waals surface area contributed by atoms with Crippen molar-refractivity contribution in [1.82, 2.24) is 0 Å². The number of carbonyl (C=O) groups is 1. The zero-order chi connectivity index (χ0) is 14.1. The van der Waals surface area contributed by atoms with Crippen LogP contribution in [0.4, 0.5) is 0 Å². The molecule has 0 aromatic heterocycles. The highest BCUT2D eigenvalue weighted by Gasteiger charge is 2.10. The highest BCUT2D eigenvalue weighted by atomic mass is 16.5. The highest BCUT2D eigenvalue weighted by molar-refractivity contribution is 5.65. The summed E-state index contributed by atoms with van der Waals surface area (Å²) in [5.41, 5.74) is 1.04. The van der Waals surface area contributed by atoms with Crippen LogP contribution in [0.25, 0.3) is 0 Å². The Labute approximate surface area is 113 Å². The zero-order valence-corrected chi connectivity index (χ0v) is 11.5. The van der Waals surface area contributed by atoms with E-state index in [9.17, 15) is 9.90 Å². The lowest BCUT2D eigenvalue weighted by Gasteiger charge is -2.20. The van der Waals surface area contributed by atoms with Gasteiger partial charge in [-0.05, 0) is 19.1 Å². The highest BCUT2D eigenvalue weighted by Crippen LogP contribution is 2.12. The second-order valence-electron chi connectivity index (χ2n) is 4.30. The molecule has 5 nitrogen and oxygen atoms in total. The average Bonchev–Trinajstić information content (AvgIpc) is 2.36. The van der Waals surface area contributed by atoms with Gasteiger partial charge in [0, 0.05) is 12.7 Å². The van der Waals surface area contributed by atoms with Gasteiger partial charge in [0.15, 0.2) is 0 Å². The van der Waals surface area contributed by atoms with Gasteiger partial charge in [0.2, 0.25) is 0 Å². The molecule has 0 bridgehead atoms. The lowest BCUT2D eigenvalue weighted by atomic mass is 10.2. The summed E-state index contributed by atoms with van der Waals surface area (Å²) >= 11 is 0. The predicted octanol–water partition coefficient (Wildman–Crippen LogP) is -1.13. The molecule has 0 fully saturated rings. The van der Waals surface area contributed by atoms with Crippen molar-refractivity contribution in [3.8, 4) is 5.75 Å². The Morgan fingerprint density at radius 2 is 2.21 bits per heavy atom. The van der Waals surface area contributed by atoms with Crippen molar-refractivity contribution in [3.05, 3.63) is 29.8 Å². The third-order valence-corrected chi connectivity index (χ3v) is 2.72. The number of nitrogens with one attached hydrogen (secondary N) is 1. The standard InChI is InChI=1S/C14H21NO4/c1-3-19-13-6-4-5-12(9-13)10-15(7-8-18-2)11-14(16)17/h4-6,9H,3,7-8,10-11H2,1-2H3,(H,16,17). The molecule has 1 rings (SSSR count). The Morgan fingerprint density at radius 1 is 1.42 bits per heavy atom. The number of methoxy groups -OCH3 is 1. The molecule has 0 aliphatic carbocycles. The van der Waals surface area contributed by atoms with Crippen LogP contribution in [0.2, 0.25) is 0 Å². The van der Waals surface area contributed by atoms with Gasteiger partial charge in [-0.25, -0.2) is 0 Å². The minimum Gasteiger partial charge on any atom is -0.544 e. The number of carboxylic acids is 1. The molecule has 1 atom stereocenters. The number of rotatable bonds is 9. The van der Waals surface area contributed by atoms with Gasteiger partial charge < -0.3 is 24.3 Å². The number of benzene rings is 1. The van der Waals surface area contributed by atoms with Crippen LogP contribution in [0.3, 0.4) is 0 Å². The van der Waals surface area contributed by atoms with E-state index >= 15 is 0 Å². The first kappa shape index (κ1) is 15.5. The summed E-state index contributed by atoms with van der Waals surface area (Å²) in [5.74, 6) is -0.244. The van der Waals surface area contributed by atoms with E-state index in [1.54, 1.807) is 7.11 Å². The number of aliphatic carboxylic acids is 1. The van der Waals surface area contributed by atoms with E-state index in [2.05, 4.69) is 0 Å². The average molecular weight is 267 g/mol. The van der Waals surface area contributed by atoms with Crippen molar-refractivity contribution >= 4 is 5.97 Å². The molecule has 1 unspecified atom stereocenters. The van der Waals surface area contributed by atoms with Gasteiger partial charge in [-0.2, -0.15) is 0 Å². The van der Waals surface area contributed by atoms with Gasteiger partial charge in [-0.1, -0.05) is 12.1 Å². The van der Waals surface area contributed by atoms with Crippen molar-refractivity contribution in [1.29, 1.82) is 0 Å². The normalized spacial score (nSPS) is 12.1. The summed E-state index contributed by atoms with van der Waals surface area (Å²) in [6.45, 7) is 4.28. The van der Waals surface area contributed by atoms with E-state index in [1.807, 2.05) is 31.2 Å². The van der Waals surface area contributed by atoms with Gasteiger partial charge >= 0.3 is 0 Å². The third kappa shape index (κ3) is 6.22. The molecule has 0 aliphatic heterocycles. The van der Waals surface area contributed by atoms with E-state index in [1.165, 1.54) is 0 Å². The maximum absolute atomic E-state index is 10.7. The van der Waals surface area contributed by atoms with Crippen LogP contribution in [0.5, 0.6) is 5.75 Å². The van der Waals surface area contributed by atoms with Crippen molar-refractivity contribution in [3.63, 3.8) is 0 Å². The van der Waals surface area contributed by atoms with Gasteiger partial charge in [0.1, 0.15) is 25.4 Å². The first-order valence-corrected chi connectivity index (χ1v) is 6.39. The zero-order valence-electron chi connectivity index (χ0n) is 11.5. The molecular formula is C14H21NO4. The Bertz CT molecular complexity index is 395. The lowest BCUT2D eigenvalue weighted by Crippen LogP contribution is -3.12. The van der Waals surface area contributed by atoms with Crippen LogP contribution in [0.15, 0.2) is 24.3 Å². The summed E-state index contributed by atoms with van der Waals surface area (Å²) in [5, 5.41) is 10.7. The summed E-state index contributed by atoms with van der Waals surface area (Å²) in [4.78, 5) is 11.6. The largest absolute Gasteiger partial charge is 0.544 e. The number of hydrogen-bond acceptors (Lipinski definition) is 4. The monoisotopic (exact) mass is 267 g/mol. The Morgan fingerprint density at radius 3 is 2.84 bits per heavy atom. The van der Waals surface area contributed by atoms with E-state index in [-0.39, 0.29) is 6.54 Å². The molecule has 106 valence electrons. The van der Waals surface area contributed by atoms with Crippen molar-refractivity contribution in [2.24, 2.45) is 0 Å². The van der Waals surface area contributed by atoms with E-state index in [0.29, 0.717) is 26.3 Å². The van der Waals surface area contributed by atoms with Gasteiger partial charge in [0.05, 0.1) is 19.2 Å². The second-order valence-corrected chi connectivity index (χ2v) is 4.30. The number of carbonyl (C=O) groups excluding carboxylic acids is 1. The van der Waals surface area contributed by atoms with Crippen molar-refractivity contribution < 1.29 is 24.3 Å². The summed E-state index contributed by atoms with van der Waals surface area (Å²) in [6, 6.07) is 7.70. The number of quaternary nitrogens is 1. The topological polar surface area (TPSA) is 63.0 Å². The van der Waals surface area contributed by atoms with E-state index in [4.69, 9.17) is 9.47 Å². The molecule has 0 amide bonds. The van der Waals surface area contributed by atoms with Gasteiger partial charge in [-0.15, -0.1) is 0 Å². The number of carboxylic acid groups (broad SMARTS) is 1. The molecular weight excluding hydrogens is 246 g/mol. The Hall–Kier alpha value is -1.59. The molecule has 19 heavy (non-hydrogen) atoms. The number of hydrogen-bond donors (Lipinski definition) is 1. The molecule has 0 aliphatic rings. The summed E-state index contributed by atoms with van der Waals surface area (Å²) in [7, 11) is 1.60. The molecule has 1 aromatic carbocycles. The molecule has 0 heterocycles. The van der Waals surface area contributed by atoms with Crippen LogP contribution in [0, 0.1) is 0 Å². The molecule has 1 N–H and O–H groups in total. The minimum absolute atomic E-state index is 0.0256. The van der Waals surface area contributed by atoms with E-state index in [0.717, 1.165) is 16.2 Å². The maximum atomic E-state index is 10.7. The first-order valence-electron chi connectivity index (χ1n) is 6.39. The second kappa shape index (κ2) is 8.50. The fourth-order valence-electron chi connectivity index (χ4n) is 1.89. The fraction of sp³-hybridized carbons (Fsp3) is 0.500. The predicted molar refractivity (Wildman–Crippen MR) is 68.9 cm³/mol. The summed E-state index contributed by atoms with van der Waals surface area (Å²) in [6.07, 6.45) is 0. The lowest BCUT2D eigenvalue weighted by molar-refractivity contribution is -0.908. The minimum atomic E-state index is -1.05. The van der Waals surface area contributed by atoms with Crippen molar-refractivity contribution in [2.45, 2.75) is 13.5 Å². The molecule has 1 aromatic rings. The fourth-order valence-corrected chi connectivity index (χ4v) is 1.89. The smallest absolute Gasteiger partial charge is 0.119 e. The van der Waals surface area contributed by atoms with Gasteiger partial charge in [0.25, 0.3) is 0 Å². The van der Waals surface area contributed by atoms with Crippen LogP contribution in [0.1, 0.15) is 12.5 Å². The Balaban J connectivity index is 2.65. The van der Waals surface area contributed by atoms with Crippen LogP contribution >= 0.6 is 0 Å². The summed E-state index contributed by atoms with van der Waals surface area (Å²) < 4.78 is 10.4. The molecule has 0 radical (unpaired) electrons. The van der Waals surface area contributed by atoms with E-state index < -0.39 is 5.97 Å². The molecule has 5 heteroatoms. The molecule has 0 spiro atoms. The SMILES string of the molecule is CCOc1cccc(C[NH+](CCOC)CC(=O)[O-])c1. The van der Waals surface area contributed by atoms with Crippen LogP contribution in [-0.4, -0.2) is 39.4 Å². The van der Waals surface area contributed by atoms with Crippen LogP contribution < -0.4 is 14.7 Å². The molecule has 0 saturated heterocycles. The quantitative estimate of drug-likeness (QED) is 0.615. The van der Waals surface area contributed by atoms with Gasteiger partial charge in [-0.3, -0.25) is 0 Å². The first-order chi connectivity index (χ1) is 9.15. The van der Waals surface area contributed by atoms with Crippen LogP contribution in [-0.2, 0) is 16.1 Å². The molecule has 0 saturated carbocycles. The number of ether oxygens (including phenoxy) is 2. The maximum Gasteiger partial charge on any atom is 0.119 e. The van der Waals surface area contributed by atoms with Crippen molar-refractivity contribution in [2.75, 3.05) is 33.4 Å².